The molecule has 0 aliphatic carbocycles. The van der Waals surface area contributed by atoms with Crippen molar-refractivity contribution >= 4 is 5.91 Å². The van der Waals surface area contributed by atoms with Gasteiger partial charge in [-0.1, -0.05) is 12.1 Å². The van der Waals surface area contributed by atoms with Crippen LogP contribution in [0.5, 0.6) is 0 Å². The van der Waals surface area contributed by atoms with Gasteiger partial charge in [-0.3, -0.25) is 4.79 Å². The lowest BCUT2D eigenvalue weighted by Crippen LogP contribution is -2.29. The molecule has 0 spiro atoms. The zero-order valence-electron chi connectivity index (χ0n) is 10.4. The normalized spacial score (nSPS) is 12.2. The maximum atomic E-state index is 12.6. The Bertz CT molecular complexity index is 367. The number of benzene rings is 1. The van der Waals surface area contributed by atoms with Crippen LogP contribution in [0.2, 0.25) is 0 Å². The molecule has 1 aromatic carbocycles. The van der Waals surface area contributed by atoms with Crippen molar-refractivity contribution in [2.75, 3.05) is 20.3 Å². The molecule has 2 N–H and O–H groups in total. The Balaban J connectivity index is 2.23. The number of hydrogen-bond acceptors (Lipinski definition) is 3. The first-order valence-corrected chi connectivity index (χ1v) is 5.80. The van der Waals surface area contributed by atoms with Crippen LogP contribution < -0.4 is 5.32 Å². The molecule has 0 fully saturated rings. The third-order valence-corrected chi connectivity index (χ3v) is 2.44. The Kier molecular flexibility index (Phi) is 6.32. The van der Waals surface area contributed by atoms with Gasteiger partial charge >= 0.3 is 0 Å². The average Bonchev–Trinajstić information content (AvgIpc) is 2.32. The van der Waals surface area contributed by atoms with E-state index in [1.165, 1.54) is 19.2 Å². The minimum atomic E-state index is -0.568. The summed E-state index contributed by atoms with van der Waals surface area (Å²) in [4.78, 5) is 11.5. The number of carbonyl (C=O) groups is 1. The predicted octanol–water partition coefficient (Wildman–Crippen LogP) is 0.882. The molecule has 1 aromatic rings. The molecule has 4 nitrogen and oxygen atoms in total. The van der Waals surface area contributed by atoms with Crippen LogP contribution in [0.1, 0.15) is 12.0 Å². The zero-order valence-corrected chi connectivity index (χ0v) is 10.4. The van der Waals surface area contributed by atoms with E-state index >= 15 is 0 Å². The van der Waals surface area contributed by atoms with E-state index in [2.05, 4.69) is 5.32 Å². The molecular formula is C13H18FNO3. The fourth-order valence-electron chi connectivity index (χ4n) is 1.50. The Labute approximate surface area is 106 Å². The van der Waals surface area contributed by atoms with Gasteiger partial charge in [0.25, 0.3) is 0 Å². The van der Waals surface area contributed by atoms with Crippen LogP contribution in [0, 0.1) is 5.82 Å². The number of hydrogen-bond donors (Lipinski definition) is 2. The van der Waals surface area contributed by atoms with E-state index < -0.39 is 6.10 Å². The Morgan fingerprint density at radius 3 is 2.72 bits per heavy atom. The third-order valence-electron chi connectivity index (χ3n) is 2.44. The highest BCUT2D eigenvalue weighted by Crippen LogP contribution is 2.03. The molecule has 1 rings (SSSR count). The summed E-state index contributed by atoms with van der Waals surface area (Å²) in [6, 6.07) is 5.80. The summed E-state index contributed by atoms with van der Waals surface area (Å²) in [5.74, 6) is -0.465. The maximum absolute atomic E-state index is 12.6. The molecule has 0 radical (unpaired) electrons. The highest BCUT2D eigenvalue weighted by Gasteiger charge is 2.06. The molecule has 0 heterocycles. The number of halogens is 1. The van der Waals surface area contributed by atoms with E-state index in [1.54, 1.807) is 12.1 Å². The predicted molar refractivity (Wildman–Crippen MR) is 65.6 cm³/mol. The maximum Gasteiger partial charge on any atom is 0.224 e. The van der Waals surface area contributed by atoms with Crippen LogP contribution in [0.4, 0.5) is 4.39 Å². The van der Waals surface area contributed by atoms with Crippen molar-refractivity contribution in [3.8, 4) is 0 Å². The zero-order chi connectivity index (χ0) is 13.4. The second kappa shape index (κ2) is 7.79. The number of aliphatic hydroxyl groups is 1. The fraction of sp³-hybridized carbons (Fsp3) is 0.462. The number of carbonyl (C=O) groups excluding carboxylic acids is 1. The van der Waals surface area contributed by atoms with E-state index in [9.17, 15) is 14.3 Å². The van der Waals surface area contributed by atoms with Gasteiger partial charge in [0, 0.05) is 13.7 Å². The summed E-state index contributed by atoms with van der Waals surface area (Å²) in [6.07, 6.45) is 0.0880. The van der Waals surface area contributed by atoms with E-state index in [0.717, 1.165) is 5.56 Å². The molecule has 100 valence electrons. The van der Waals surface area contributed by atoms with Crippen LogP contribution in [0.25, 0.3) is 0 Å². The standard InChI is InChI=1S/C13H18FNO3/c1-18-9-12(16)6-7-15-13(17)8-10-2-4-11(14)5-3-10/h2-5,12,16H,6-9H2,1H3,(H,15,17). The molecule has 1 amide bonds. The molecule has 0 aliphatic rings. The number of aliphatic hydroxyl groups excluding tert-OH is 1. The van der Waals surface area contributed by atoms with Gasteiger partial charge in [-0.2, -0.15) is 0 Å². The number of rotatable bonds is 7. The molecule has 0 aromatic heterocycles. The molecule has 0 saturated heterocycles. The number of amides is 1. The van der Waals surface area contributed by atoms with Crippen molar-refractivity contribution < 1.29 is 19.0 Å². The minimum Gasteiger partial charge on any atom is -0.391 e. The van der Waals surface area contributed by atoms with Crippen LogP contribution in [0.15, 0.2) is 24.3 Å². The number of ether oxygens (including phenoxy) is 1. The third kappa shape index (κ3) is 5.75. The second-order valence-electron chi connectivity index (χ2n) is 4.05. The summed E-state index contributed by atoms with van der Waals surface area (Å²) in [6.45, 7) is 0.651. The van der Waals surface area contributed by atoms with E-state index in [0.29, 0.717) is 13.0 Å². The van der Waals surface area contributed by atoms with E-state index in [1.807, 2.05) is 0 Å². The van der Waals surface area contributed by atoms with Gasteiger partial charge in [-0.25, -0.2) is 4.39 Å². The highest BCUT2D eigenvalue weighted by molar-refractivity contribution is 5.78. The second-order valence-corrected chi connectivity index (χ2v) is 4.05. The lowest BCUT2D eigenvalue weighted by molar-refractivity contribution is -0.120. The Morgan fingerprint density at radius 1 is 1.44 bits per heavy atom. The van der Waals surface area contributed by atoms with Gasteiger partial charge in [0.2, 0.25) is 5.91 Å². The Hall–Kier alpha value is -1.46. The number of methoxy groups -OCH3 is 1. The van der Waals surface area contributed by atoms with Crippen molar-refractivity contribution in [2.24, 2.45) is 0 Å². The molecule has 0 bridgehead atoms. The summed E-state index contributed by atoms with van der Waals surface area (Å²) >= 11 is 0. The summed E-state index contributed by atoms with van der Waals surface area (Å²) in [5, 5.41) is 12.1. The molecule has 0 saturated carbocycles. The summed E-state index contributed by atoms with van der Waals surface area (Å²) in [7, 11) is 1.51. The van der Waals surface area contributed by atoms with Crippen molar-refractivity contribution in [1.82, 2.24) is 5.32 Å². The Morgan fingerprint density at radius 2 is 2.11 bits per heavy atom. The molecule has 18 heavy (non-hydrogen) atoms. The van der Waals surface area contributed by atoms with Gasteiger partial charge in [-0.05, 0) is 24.1 Å². The quantitative estimate of drug-likeness (QED) is 0.760. The van der Waals surface area contributed by atoms with E-state index in [4.69, 9.17) is 4.74 Å². The smallest absolute Gasteiger partial charge is 0.224 e. The molecule has 5 heteroatoms. The van der Waals surface area contributed by atoms with E-state index in [-0.39, 0.29) is 24.8 Å². The van der Waals surface area contributed by atoms with Crippen molar-refractivity contribution in [1.29, 1.82) is 0 Å². The first-order chi connectivity index (χ1) is 8.61. The molecular weight excluding hydrogens is 237 g/mol. The highest BCUT2D eigenvalue weighted by atomic mass is 19.1. The van der Waals surface area contributed by atoms with Crippen LogP contribution in [0.3, 0.4) is 0 Å². The fourth-order valence-corrected chi connectivity index (χ4v) is 1.50. The van der Waals surface area contributed by atoms with Gasteiger partial charge < -0.3 is 15.2 Å². The largest absolute Gasteiger partial charge is 0.391 e. The van der Waals surface area contributed by atoms with Crippen LogP contribution >= 0.6 is 0 Å². The van der Waals surface area contributed by atoms with Gasteiger partial charge in [0.15, 0.2) is 0 Å². The molecule has 1 atom stereocenters. The van der Waals surface area contributed by atoms with Gasteiger partial charge in [-0.15, -0.1) is 0 Å². The van der Waals surface area contributed by atoms with Crippen LogP contribution in [-0.2, 0) is 16.0 Å². The monoisotopic (exact) mass is 255 g/mol. The molecule has 1 unspecified atom stereocenters. The van der Waals surface area contributed by atoms with Crippen molar-refractivity contribution in [3.05, 3.63) is 35.6 Å². The van der Waals surface area contributed by atoms with Crippen molar-refractivity contribution in [2.45, 2.75) is 18.9 Å². The summed E-state index contributed by atoms with van der Waals surface area (Å²) < 4.78 is 17.4. The average molecular weight is 255 g/mol. The molecule has 0 aliphatic heterocycles. The van der Waals surface area contributed by atoms with Crippen LogP contribution in [-0.4, -0.2) is 37.4 Å². The lowest BCUT2D eigenvalue weighted by Gasteiger charge is -2.10. The van der Waals surface area contributed by atoms with Gasteiger partial charge in [0.05, 0.1) is 19.1 Å². The number of nitrogens with one attached hydrogen (secondary N) is 1. The van der Waals surface area contributed by atoms with Crippen molar-refractivity contribution in [3.63, 3.8) is 0 Å². The topological polar surface area (TPSA) is 58.6 Å². The van der Waals surface area contributed by atoms with Gasteiger partial charge in [0.1, 0.15) is 5.82 Å². The first-order valence-electron chi connectivity index (χ1n) is 5.80. The lowest BCUT2D eigenvalue weighted by atomic mass is 10.1. The summed E-state index contributed by atoms with van der Waals surface area (Å²) in [5.41, 5.74) is 0.756. The minimum absolute atomic E-state index is 0.147. The SMILES string of the molecule is COCC(O)CCNC(=O)Cc1ccc(F)cc1. The first kappa shape index (κ1) is 14.6.